The van der Waals surface area contributed by atoms with Crippen LogP contribution in [0.3, 0.4) is 0 Å². The maximum absolute atomic E-state index is 12.7. The number of carbonyl (C=O) groups excluding carboxylic acids is 2. The lowest BCUT2D eigenvalue weighted by Gasteiger charge is -2.20. The molecule has 7 heteroatoms. The number of methoxy groups -OCH3 is 1. The van der Waals surface area contributed by atoms with Gasteiger partial charge in [0.05, 0.1) is 17.7 Å². The van der Waals surface area contributed by atoms with Gasteiger partial charge in [-0.3, -0.25) is 9.59 Å². The van der Waals surface area contributed by atoms with Crippen molar-refractivity contribution in [1.82, 2.24) is 5.32 Å². The van der Waals surface area contributed by atoms with Gasteiger partial charge < -0.3 is 15.4 Å². The summed E-state index contributed by atoms with van der Waals surface area (Å²) in [7, 11) is 1.56. The van der Waals surface area contributed by atoms with E-state index < -0.39 is 0 Å². The zero-order valence-electron chi connectivity index (χ0n) is 16.1. The molecule has 1 fully saturated rings. The molecule has 0 spiro atoms. The summed E-state index contributed by atoms with van der Waals surface area (Å²) >= 11 is 7.57. The molecular weight excluding hydrogens is 396 g/mol. The quantitative estimate of drug-likeness (QED) is 0.677. The van der Waals surface area contributed by atoms with E-state index in [4.69, 9.17) is 16.3 Å². The first kappa shape index (κ1) is 20.7. The monoisotopic (exact) mass is 420 g/mol. The van der Waals surface area contributed by atoms with Crippen LogP contribution in [0.4, 0.5) is 5.00 Å². The fourth-order valence-electron chi connectivity index (χ4n) is 3.45. The Kier molecular flexibility index (Phi) is 6.97. The molecule has 0 atom stereocenters. The summed E-state index contributed by atoms with van der Waals surface area (Å²) in [5.41, 5.74) is 1.38. The first-order valence-electron chi connectivity index (χ1n) is 9.50. The first-order valence-corrected chi connectivity index (χ1v) is 10.7. The van der Waals surface area contributed by atoms with E-state index in [1.165, 1.54) is 17.8 Å². The van der Waals surface area contributed by atoms with E-state index >= 15 is 0 Å². The Morgan fingerprint density at radius 3 is 2.64 bits per heavy atom. The molecule has 0 aliphatic heterocycles. The molecule has 0 radical (unpaired) electrons. The Morgan fingerprint density at radius 2 is 1.96 bits per heavy atom. The number of thiophene rings is 1. The van der Waals surface area contributed by atoms with Crippen molar-refractivity contribution < 1.29 is 14.3 Å². The highest BCUT2D eigenvalue weighted by Crippen LogP contribution is 2.31. The Balaban J connectivity index is 1.65. The fourth-order valence-corrected chi connectivity index (χ4v) is 4.64. The van der Waals surface area contributed by atoms with E-state index in [1.54, 1.807) is 19.2 Å². The predicted octanol–water partition coefficient (Wildman–Crippen LogP) is 5.17. The third-order valence-electron chi connectivity index (χ3n) is 4.98. The van der Waals surface area contributed by atoms with E-state index in [0.29, 0.717) is 27.9 Å². The van der Waals surface area contributed by atoms with Gasteiger partial charge >= 0.3 is 0 Å². The molecule has 150 valence electrons. The van der Waals surface area contributed by atoms with Crippen LogP contribution < -0.4 is 15.4 Å². The lowest BCUT2D eigenvalue weighted by atomic mass is 9.89. The summed E-state index contributed by atoms with van der Waals surface area (Å²) in [6.45, 7) is 2.27. The molecule has 1 heterocycles. The van der Waals surface area contributed by atoms with Gasteiger partial charge in [0.1, 0.15) is 10.8 Å². The van der Waals surface area contributed by atoms with Gasteiger partial charge in [-0.05, 0) is 43.5 Å². The number of anilines is 1. The van der Waals surface area contributed by atoms with Crippen LogP contribution in [0.15, 0.2) is 24.3 Å². The van der Waals surface area contributed by atoms with Crippen molar-refractivity contribution in [2.45, 2.75) is 45.6 Å². The summed E-state index contributed by atoms with van der Waals surface area (Å²) in [4.78, 5) is 26.3. The normalized spacial score (nSPS) is 14.5. The average Bonchev–Trinajstić information content (AvgIpc) is 3.07. The molecule has 2 amide bonds. The predicted molar refractivity (Wildman–Crippen MR) is 113 cm³/mol. The van der Waals surface area contributed by atoms with Gasteiger partial charge in [0, 0.05) is 17.3 Å². The highest BCUT2D eigenvalue weighted by atomic mass is 35.5. The van der Waals surface area contributed by atoms with E-state index in [-0.39, 0.29) is 17.7 Å². The van der Waals surface area contributed by atoms with Crippen molar-refractivity contribution in [3.05, 3.63) is 45.3 Å². The van der Waals surface area contributed by atoms with Gasteiger partial charge in [0.15, 0.2) is 0 Å². The van der Waals surface area contributed by atoms with Gasteiger partial charge in [-0.1, -0.05) is 36.9 Å². The topological polar surface area (TPSA) is 67.4 Å². The Labute approximate surface area is 174 Å². The van der Waals surface area contributed by atoms with Crippen molar-refractivity contribution >= 4 is 39.8 Å². The molecule has 0 unspecified atom stereocenters. The number of aryl methyl sites for hydroxylation is 1. The van der Waals surface area contributed by atoms with Gasteiger partial charge in [-0.2, -0.15) is 0 Å². The smallest absolute Gasteiger partial charge is 0.254 e. The number of amides is 2. The minimum absolute atomic E-state index is 0.0255. The summed E-state index contributed by atoms with van der Waals surface area (Å²) in [6.07, 6.45) is 5.25. The first-order chi connectivity index (χ1) is 13.5. The molecular formula is C21H25ClN2O3S. The minimum atomic E-state index is -0.213. The molecule has 3 rings (SSSR count). The SMILES string of the molecule is COc1ccc(CNC(=O)c2cc(C)sc2NC(=O)C2CCCCC2)cc1Cl. The van der Waals surface area contributed by atoms with Crippen LogP contribution in [0, 0.1) is 12.8 Å². The molecule has 2 N–H and O–H groups in total. The van der Waals surface area contributed by atoms with Crippen molar-refractivity contribution in [3.8, 4) is 5.75 Å². The number of benzene rings is 1. The van der Waals surface area contributed by atoms with Crippen LogP contribution in [0.25, 0.3) is 0 Å². The second kappa shape index (κ2) is 9.43. The molecule has 0 saturated heterocycles. The number of rotatable bonds is 6. The maximum atomic E-state index is 12.7. The molecule has 2 aromatic rings. The number of nitrogens with one attached hydrogen (secondary N) is 2. The Hall–Kier alpha value is -2.05. The highest BCUT2D eigenvalue weighted by molar-refractivity contribution is 7.16. The zero-order valence-corrected chi connectivity index (χ0v) is 17.7. The number of halogens is 1. The second-order valence-corrected chi connectivity index (χ2v) is 8.74. The number of carbonyl (C=O) groups is 2. The van der Waals surface area contributed by atoms with Gasteiger partial charge in [0.25, 0.3) is 5.91 Å². The molecule has 1 aromatic heterocycles. The van der Waals surface area contributed by atoms with Crippen molar-refractivity contribution in [1.29, 1.82) is 0 Å². The molecule has 1 aliphatic carbocycles. The molecule has 1 saturated carbocycles. The van der Waals surface area contributed by atoms with Crippen LogP contribution in [0.2, 0.25) is 5.02 Å². The Bertz CT molecular complexity index is 859. The van der Waals surface area contributed by atoms with Crippen molar-refractivity contribution in [3.63, 3.8) is 0 Å². The summed E-state index contributed by atoms with van der Waals surface area (Å²) in [6, 6.07) is 7.22. The van der Waals surface area contributed by atoms with E-state index in [0.717, 1.165) is 36.1 Å². The lowest BCUT2D eigenvalue weighted by molar-refractivity contribution is -0.120. The van der Waals surface area contributed by atoms with Crippen molar-refractivity contribution in [2.24, 2.45) is 5.92 Å². The number of ether oxygens (including phenoxy) is 1. The lowest BCUT2D eigenvalue weighted by Crippen LogP contribution is -2.27. The molecule has 28 heavy (non-hydrogen) atoms. The van der Waals surface area contributed by atoms with E-state index in [9.17, 15) is 9.59 Å². The van der Waals surface area contributed by atoms with E-state index in [2.05, 4.69) is 10.6 Å². The summed E-state index contributed by atoms with van der Waals surface area (Å²) < 4.78 is 5.14. The Morgan fingerprint density at radius 1 is 1.21 bits per heavy atom. The average molecular weight is 421 g/mol. The zero-order chi connectivity index (χ0) is 20.1. The third kappa shape index (κ3) is 5.06. The van der Waals surface area contributed by atoms with Gasteiger partial charge in [0.2, 0.25) is 5.91 Å². The molecule has 5 nitrogen and oxygen atoms in total. The van der Waals surface area contributed by atoms with Crippen LogP contribution in [0.1, 0.15) is 52.9 Å². The molecule has 1 aliphatic rings. The molecule has 1 aromatic carbocycles. The standard InChI is InChI=1S/C21H25ClN2O3S/c1-13-10-16(21(28-13)24-19(25)15-6-4-3-5-7-15)20(26)23-12-14-8-9-18(27-2)17(22)11-14/h8-11,15H,3-7,12H2,1-2H3,(H,23,26)(H,24,25). The van der Waals surface area contributed by atoms with Crippen LogP contribution in [0.5, 0.6) is 5.75 Å². The van der Waals surface area contributed by atoms with Crippen LogP contribution in [-0.2, 0) is 11.3 Å². The van der Waals surface area contributed by atoms with Crippen molar-refractivity contribution in [2.75, 3.05) is 12.4 Å². The summed E-state index contributed by atoms with van der Waals surface area (Å²) in [5.74, 6) is 0.458. The van der Waals surface area contributed by atoms with Crippen LogP contribution >= 0.6 is 22.9 Å². The van der Waals surface area contributed by atoms with E-state index in [1.807, 2.05) is 19.1 Å². The summed E-state index contributed by atoms with van der Waals surface area (Å²) in [5, 5.41) is 7.01. The fraction of sp³-hybridized carbons (Fsp3) is 0.429. The minimum Gasteiger partial charge on any atom is -0.495 e. The highest BCUT2D eigenvalue weighted by Gasteiger charge is 2.24. The second-order valence-electron chi connectivity index (χ2n) is 7.08. The van der Waals surface area contributed by atoms with Gasteiger partial charge in [-0.25, -0.2) is 0 Å². The maximum Gasteiger partial charge on any atom is 0.254 e. The van der Waals surface area contributed by atoms with Crippen LogP contribution in [-0.4, -0.2) is 18.9 Å². The third-order valence-corrected chi connectivity index (χ3v) is 6.24. The van der Waals surface area contributed by atoms with Gasteiger partial charge in [-0.15, -0.1) is 11.3 Å². The number of hydrogen-bond donors (Lipinski definition) is 2. The molecule has 0 bridgehead atoms. The largest absolute Gasteiger partial charge is 0.495 e. The number of hydrogen-bond acceptors (Lipinski definition) is 4.